The van der Waals surface area contributed by atoms with Crippen LogP contribution in [-0.4, -0.2) is 53.2 Å². The number of hydrogen-bond acceptors (Lipinski definition) is 6. The zero-order valence-electron chi connectivity index (χ0n) is 13.8. The molecule has 0 amide bonds. The van der Waals surface area contributed by atoms with Gasteiger partial charge in [-0.2, -0.15) is 5.10 Å². The van der Waals surface area contributed by atoms with Gasteiger partial charge in [0.25, 0.3) is 0 Å². The summed E-state index contributed by atoms with van der Waals surface area (Å²) in [5.41, 5.74) is 1.76. The molecule has 0 N–H and O–H groups in total. The van der Waals surface area contributed by atoms with Crippen LogP contribution in [0.4, 0.5) is 5.82 Å². The number of anilines is 1. The standard InChI is InChI=1S/C17H19N5O2/c1-12-19-16(21-7-9-24-10-8-21)15-11-18-22(17(15)20-12)13-3-5-14(23-2)6-4-13/h3-6,11H,7-10H2,1-2H3. The van der Waals surface area contributed by atoms with Crippen LogP contribution in [0.5, 0.6) is 5.75 Å². The number of rotatable bonds is 3. The van der Waals surface area contributed by atoms with E-state index < -0.39 is 0 Å². The van der Waals surface area contributed by atoms with E-state index in [9.17, 15) is 0 Å². The van der Waals surface area contributed by atoms with Crippen LogP contribution in [0, 0.1) is 6.92 Å². The third-order valence-corrected chi connectivity index (χ3v) is 4.15. The summed E-state index contributed by atoms with van der Waals surface area (Å²) in [6.07, 6.45) is 1.84. The van der Waals surface area contributed by atoms with Crippen molar-refractivity contribution in [2.24, 2.45) is 0 Å². The van der Waals surface area contributed by atoms with E-state index in [4.69, 9.17) is 9.47 Å². The van der Waals surface area contributed by atoms with Gasteiger partial charge in [0.15, 0.2) is 5.65 Å². The van der Waals surface area contributed by atoms with Crippen molar-refractivity contribution in [2.75, 3.05) is 38.3 Å². The predicted molar refractivity (Wildman–Crippen MR) is 91.0 cm³/mol. The Kier molecular flexibility index (Phi) is 3.78. The highest BCUT2D eigenvalue weighted by Crippen LogP contribution is 2.26. The van der Waals surface area contributed by atoms with Gasteiger partial charge in [-0.1, -0.05) is 0 Å². The maximum absolute atomic E-state index is 5.44. The molecule has 0 aliphatic carbocycles. The van der Waals surface area contributed by atoms with Crippen molar-refractivity contribution < 1.29 is 9.47 Å². The molecule has 0 spiro atoms. The second-order valence-electron chi connectivity index (χ2n) is 5.69. The van der Waals surface area contributed by atoms with Crippen LogP contribution in [0.1, 0.15) is 5.82 Å². The average molecular weight is 325 g/mol. The Morgan fingerprint density at radius 3 is 2.54 bits per heavy atom. The summed E-state index contributed by atoms with van der Waals surface area (Å²) in [5.74, 6) is 2.48. The number of aryl methyl sites for hydroxylation is 1. The van der Waals surface area contributed by atoms with E-state index in [0.29, 0.717) is 0 Å². The van der Waals surface area contributed by atoms with Gasteiger partial charge in [-0.3, -0.25) is 0 Å². The Labute approximate surface area is 139 Å². The third-order valence-electron chi connectivity index (χ3n) is 4.15. The molecule has 3 heterocycles. The molecule has 4 rings (SSSR count). The molecule has 0 atom stereocenters. The lowest BCUT2D eigenvalue weighted by Crippen LogP contribution is -2.37. The van der Waals surface area contributed by atoms with E-state index in [-0.39, 0.29) is 0 Å². The maximum Gasteiger partial charge on any atom is 0.168 e. The number of hydrogen-bond donors (Lipinski definition) is 0. The van der Waals surface area contributed by atoms with Crippen LogP contribution >= 0.6 is 0 Å². The summed E-state index contributed by atoms with van der Waals surface area (Å²) >= 11 is 0. The van der Waals surface area contributed by atoms with Crippen molar-refractivity contribution in [3.8, 4) is 11.4 Å². The van der Waals surface area contributed by atoms with Gasteiger partial charge in [0.1, 0.15) is 17.4 Å². The summed E-state index contributed by atoms with van der Waals surface area (Å²) in [6, 6.07) is 7.77. The lowest BCUT2D eigenvalue weighted by molar-refractivity contribution is 0.122. The second kappa shape index (κ2) is 6.09. The summed E-state index contributed by atoms with van der Waals surface area (Å²) < 4.78 is 12.5. The number of aromatic nitrogens is 4. The molecule has 1 fully saturated rings. The first-order valence-corrected chi connectivity index (χ1v) is 7.96. The van der Waals surface area contributed by atoms with Crippen molar-refractivity contribution in [3.63, 3.8) is 0 Å². The number of benzene rings is 1. The lowest BCUT2D eigenvalue weighted by Gasteiger charge is -2.28. The van der Waals surface area contributed by atoms with Crippen LogP contribution in [0.15, 0.2) is 30.5 Å². The van der Waals surface area contributed by atoms with Gasteiger partial charge < -0.3 is 14.4 Å². The number of ether oxygens (including phenoxy) is 2. The molecule has 7 nitrogen and oxygen atoms in total. The summed E-state index contributed by atoms with van der Waals surface area (Å²) in [7, 11) is 1.66. The molecule has 124 valence electrons. The van der Waals surface area contributed by atoms with Gasteiger partial charge in [0.2, 0.25) is 0 Å². The summed E-state index contributed by atoms with van der Waals surface area (Å²) in [5, 5.41) is 5.49. The van der Waals surface area contributed by atoms with E-state index in [0.717, 1.165) is 60.4 Å². The van der Waals surface area contributed by atoms with E-state index in [1.807, 2.05) is 42.1 Å². The van der Waals surface area contributed by atoms with Crippen LogP contribution < -0.4 is 9.64 Å². The topological polar surface area (TPSA) is 65.3 Å². The van der Waals surface area contributed by atoms with Crippen LogP contribution in [0.25, 0.3) is 16.7 Å². The highest BCUT2D eigenvalue weighted by Gasteiger charge is 2.19. The van der Waals surface area contributed by atoms with Gasteiger partial charge in [-0.05, 0) is 31.2 Å². The van der Waals surface area contributed by atoms with Gasteiger partial charge in [-0.15, -0.1) is 0 Å². The zero-order valence-corrected chi connectivity index (χ0v) is 13.8. The highest BCUT2D eigenvalue weighted by molar-refractivity contribution is 5.88. The fourth-order valence-electron chi connectivity index (χ4n) is 2.93. The molecule has 1 saturated heterocycles. The van der Waals surface area contributed by atoms with Crippen LogP contribution in [0.2, 0.25) is 0 Å². The second-order valence-corrected chi connectivity index (χ2v) is 5.69. The molecule has 1 aliphatic rings. The zero-order chi connectivity index (χ0) is 16.5. The Hall–Kier alpha value is -2.67. The molecule has 1 aliphatic heterocycles. The van der Waals surface area contributed by atoms with Crippen molar-refractivity contribution in [1.29, 1.82) is 0 Å². The minimum absolute atomic E-state index is 0.719. The highest BCUT2D eigenvalue weighted by atomic mass is 16.5. The Bertz CT molecular complexity index is 853. The van der Waals surface area contributed by atoms with Crippen LogP contribution in [-0.2, 0) is 4.74 Å². The van der Waals surface area contributed by atoms with Crippen molar-refractivity contribution in [3.05, 3.63) is 36.3 Å². The quantitative estimate of drug-likeness (QED) is 0.733. The average Bonchev–Trinajstić information content (AvgIpc) is 3.05. The molecule has 0 bridgehead atoms. The minimum atomic E-state index is 0.719. The van der Waals surface area contributed by atoms with Gasteiger partial charge >= 0.3 is 0 Å². The lowest BCUT2D eigenvalue weighted by atomic mass is 10.3. The van der Waals surface area contributed by atoms with E-state index in [1.165, 1.54) is 0 Å². The monoisotopic (exact) mass is 325 g/mol. The largest absolute Gasteiger partial charge is 0.497 e. The van der Waals surface area contributed by atoms with Gasteiger partial charge in [-0.25, -0.2) is 14.6 Å². The number of methoxy groups -OCH3 is 1. The molecule has 0 unspecified atom stereocenters. The van der Waals surface area contributed by atoms with Crippen molar-refractivity contribution in [2.45, 2.75) is 6.92 Å². The molecule has 3 aromatic rings. The molecule has 0 radical (unpaired) electrons. The molecule has 1 aromatic carbocycles. The molecular formula is C17H19N5O2. The SMILES string of the molecule is COc1ccc(-n2ncc3c(N4CCOCC4)nc(C)nc32)cc1. The first kappa shape index (κ1) is 14.9. The fraction of sp³-hybridized carbons (Fsp3) is 0.353. The Morgan fingerprint density at radius 2 is 1.83 bits per heavy atom. The molecule has 0 saturated carbocycles. The van der Waals surface area contributed by atoms with Gasteiger partial charge in [0, 0.05) is 13.1 Å². The Balaban J connectivity index is 1.81. The summed E-state index contributed by atoms with van der Waals surface area (Å²) in [4.78, 5) is 11.5. The predicted octanol–water partition coefficient (Wildman–Crippen LogP) is 1.97. The first-order chi connectivity index (χ1) is 11.8. The van der Waals surface area contributed by atoms with E-state index in [2.05, 4.69) is 20.0 Å². The minimum Gasteiger partial charge on any atom is -0.497 e. The molecular weight excluding hydrogens is 306 g/mol. The number of morpholine rings is 1. The van der Waals surface area contributed by atoms with Crippen molar-refractivity contribution in [1.82, 2.24) is 19.7 Å². The van der Waals surface area contributed by atoms with E-state index in [1.54, 1.807) is 7.11 Å². The normalized spacial score (nSPS) is 15.0. The molecule has 2 aromatic heterocycles. The molecule has 24 heavy (non-hydrogen) atoms. The van der Waals surface area contributed by atoms with Gasteiger partial charge in [0.05, 0.1) is 37.6 Å². The molecule has 7 heteroatoms. The van der Waals surface area contributed by atoms with Crippen LogP contribution in [0.3, 0.4) is 0 Å². The maximum atomic E-state index is 5.44. The number of nitrogens with zero attached hydrogens (tertiary/aromatic N) is 5. The van der Waals surface area contributed by atoms with E-state index >= 15 is 0 Å². The number of fused-ring (bicyclic) bond motifs is 1. The van der Waals surface area contributed by atoms with Crippen molar-refractivity contribution >= 4 is 16.9 Å². The Morgan fingerprint density at radius 1 is 1.08 bits per heavy atom. The summed E-state index contributed by atoms with van der Waals surface area (Å²) in [6.45, 7) is 5.02. The fourth-order valence-corrected chi connectivity index (χ4v) is 2.93. The smallest absolute Gasteiger partial charge is 0.168 e. The third kappa shape index (κ3) is 2.56. The first-order valence-electron chi connectivity index (χ1n) is 7.96.